The number of unbranched alkanes of at least 4 members (excludes halogenated alkanes) is 1. The van der Waals surface area contributed by atoms with Crippen molar-refractivity contribution in [2.75, 3.05) is 43.4 Å². The van der Waals surface area contributed by atoms with Crippen LogP contribution in [0.1, 0.15) is 43.9 Å². The summed E-state index contributed by atoms with van der Waals surface area (Å²) in [4.78, 5) is 28.1. The molecular weight excluding hydrogens is 522 g/mol. The molecule has 12 nitrogen and oxygen atoms in total. The van der Waals surface area contributed by atoms with E-state index in [-0.39, 0.29) is 5.78 Å². The Morgan fingerprint density at radius 3 is 2.98 bits per heavy atom. The molecule has 0 saturated heterocycles. The monoisotopic (exact) mass is 560 g/mol. The van der Waals surface area contributed by atoms with E-state index in [2.05, 4.69) is 47.8 Å². The minimum atomic E-state index is -0.500. The number of aromatic amines is 1. The lowest BCUT2D eigenvalue weighted by Crippen LogP contribution is -2.41. The molecule has 5 heterocycles. The Morgan fingerprint density at radius 1 is 1.20 bits per heavy atom. The SMILES string of the molecule is CC(=O)[C@H](CCN(CCCCc1ccc2c(n1)NCCC2)CCOc1ccccn1)Nc1c2cn[nH]c2nc[n+]1O. The number of fused-ring (bicyclic) bond motifs is 2. The van der Waals surface area contributed by atoms with Crippen molar-refractivity contribution in [2.24, 2.45) is 0 Å². The van der Waals surface area contributed by atoms with Crippen molar-refractivity contribution in [2.45, 2.75) is 51.5 Å². The van der Waals surface area contributed by atoms with Crippen LogP contribution in [0.15, 0.2) is 49.1 Å². The zero-order chi connectivity index (χ0) is 28.4. The number of carbonyl (C=O) groups excluding carboxylic acids is 1. The molecule has 4 N–H and O–H groups in total. The molecule has 0 amide bonds. The highest BCUT2D eigenvalue weighted by Crippen LogP contribution is 2.21. The number of ketones is 1. The summed E-state index contributed by atoms with van der Waals surface area (Å²) in [5.74, 6) is 1.99. The lowest BCUT2D eigenvalue weighted by Gasteiger charge is -2.24. The molecule has 1 aliphatic rings. The summed E-state index contributed by atoms with van der Waals surface area (Å²) in [5.41, 5.74) is 2.95. The molecule has 0 saturated carbocycles. The second kappa shape index (κ2) is 13.8. The van der Waals surface area contributed by atoms with Crippen LogP contribution in [0, 0.1) is 0 Å². The number of carbonyl (C=O) groups is 1. The van der Waals surface area contributed by atoms with Crippen molar-refractivity contribution in [1.29, 1.82) is 0 Å². The topological polar surface area (TPSA) is 145 Å². The van der Waals surface area contributed by atoms with Gasteiger partial charge in [-0.2, -0.15) is 5.10 Å². The Hall–Kier alpha value is -4.32. The molecule has 0 fully saturated rings. The summed E-state index contributed by atoms with van der Waals surface area (Å²) in [6.45, 7) is 5.27. The van der Waals surface area contributed by atoms with Gasteiger partial charge in [0.15, 0.2) is 5.78 Å². The van der Waals surface area contributed by atoms with Crippen LogP contribution in [0.3, 0.4) is 0 Å². The Balaban J connectivity index is 1.18. The van der Waals surface area contributed by atoms with E-state index in [1.165, 1.54) is 11.9 Å². The van der Waals surface area contributed by atoms with Gasteiger partial charge in [0.2, 0.25) is 11.5 Å². The molecule has 12 heteroatoms. The molecule has 5 rings (SSSR count). The standard InChI is InChI=1S/C29H37N9O3/c1-21(39)25(35-29-24-19-33-36-28(24)32-20-38(29)40)12-16-37(17-18-41-26-9-2-4-13-30-26)15-5-3-8-23-11-10-22-7-6-14-31-27(22)34-23/h2,4,9-11,13,19-20,25,40H,3,5-8,12,14-18H2,1H3,(H2,31,33,34,35,36)/p+1/t25-/m0/s1. The molecule has 41 heavy (non-hydrogen) atoms. The molecule has 0 bridgehead atoms. The number of anilines is 2. The maximum atomic E-state index is 12.6. The normalized spacial score (nSPS) is 13.5. The summed E-state index contributed by atoms with van der Waals surface area (Å²) < 4.78 is 6.75. The van der Waals surface area contributed by atoms with E-state index in [0.29, 0.717) is 48.8 Å². The lowest BCUT2D eigenvalue weighted by molar-refractivity contribution is -0.894. The number of nitrogens with one attached hydrogen (secondary N) is 3. The third kappa shape index (κ3) is 7.66. The van der Waals surface area contributed by atoms with Gasteiger partial charge in [0.25, 0.3) is 12.1 Å². The predicted molar refractivity (Wildman–Crippen MR) is 154 cm³/mol. The van der Waals surface area contributed by atoms with E-state index in [4.69, 9.17) is 9.72 Å². The number of aromatic nitrogens is 6. The first-order valence-electron chi connectivity index (χ1n) is 14.3. The third-order valence-electron chi connectivity index (χ3n) is 7.34. The molecule has 0 aliphatic carbocycles. The van der Waals surface area contributed by atoms with E-state index in [1.54, 1.807) is 19.3 Å². The minimum absolute atomic E-state index is 0.0183. The molecular formula is C29H38N9O3+. The zero-order valence-corrected chi connectivity index (χ0v) is 23.4. The van der Waals surface area contributed by atoms with Crippen molar-refractivity contribution in [1.82, 2.24) is 30.0 Å². The van der Waals surface area contributed by atoms with Gasteiger partial charge in [-0.25, -0.2) is 15.1 Å². The summed E-state index contributed by atoms with van der Waals surface area (Å²) in [6.07, 6.45) is 10.3. The minimum Gasteiger partial charge on any atom is -0.476 e. The number of aryl methyl sites for hydroxylation is 2. The number of rotatable bonds is 15. The first-order chi connectivity index (χ1) is 20.1. The maximum Gasteiger partial charge on any atom is 0.274 e. The van der Waals surface area contributed by atoms with Gasteiger partial charge < -0.3 is 15.3 Å². The van der Waals surface area contributed by atoms with Crippen LogP contribution in [0.5, 0.6) is 5.88 Å². The van der Waals surface area contributed by atoms with Gasteiger partial charge in [-0.15, -0.1) is 0 Å². The highest BCUT2D eigenvalue weighted by Gasteiger charge is 2.24. The average molecular weight is 561 g/mol. The summed E-state index contributed by atoms with van der Waals surface area (Å²) in [6, 6.07) is 9.46. The van der Waals surface area contributed by atoms with Crippen LogP contribution in [0.4, 0.5) is 11.6 Å². The third-order valence-corrected chi connectivity index (χ3v) is 7.34. The first-order valence-corrected chi connectivity index (χ1v) is 14.3. The van der Waals surface area contributed by atoms with Crippen LogP contribution in [-0.2, 0) is 17.6 Å². The summed E-state index contributed by atoms with van der Waals surface area (Å²) in [5, 5.41) is 24.4. The Bertz CT molecular complexity index is 1430. The molecule has 0 aromatic carbocycles. The second-order valence-corrected chi connectivity index (χ2v) is 10.3. The number of H-pyrrole nitrogens is 1. The van der Waals surface area contributed by atoms with Crippen molar-refractivity contribution in [3.05, 3.63) is 60.3 Å². The molecule has 0 radical (unpaired) electrons. The van der Waals surface area contributed by atoms with Gasteiger partial charge in [-0.05, 0) is 63.3 Å². The van der Waals surface area contributed by atoms with Crippen LogP contribution in [0.25, 0.3) is 11.0 Å². The molecule has 216 valence electrons. The number of pyridine rings is 2. The molecule has 0 unspecified atom stereocenters. The van der Waals surface area contributed by atoms with Crippen LogP contribution < -0.4 is 20.1 Å². The van der Waals surface area contributed by atoms with Crippen LogP contribution in [0.2, 0.25) is 0 Å². The first kappa shape index (κ1) is 28.2. The highest BCUT2D eigenvalue weighted by atomic mass is 16.5. The van der Waals surface area contributed by atoms with Crippen molar-refractivity contribution >= 4 is 28.5 Å². The van der Waals surface area contributed by atoms with Gasteiger partial charge in [0, 0.05) is 44.0 Å². The number of ether oxygens (including phenoxy) is 1. The smallest absolute Gasteiger partial charge is 0.274 e. The number of Topliss-reactive ketones (excluding diaryl/α,β-unsaturated/α-hetero) is 1. The van der Waals surface area contributed by atoms with E-state index in [1.807, 2.05) is 18.2 Å². The van der Waals surface area contributed by atoms with Crippen molar-refractivity contribution < 1.29 is 19.5 Å². The van der Waals surface area contributed by atoms with Crippen LogP contribution >= 0.6 is 0 Å². The van der Waals surface area contributed by atoms with Crippen molar-refractivity contribution in [3.63, 3.8) is 0 Å². The van der Waals surface area contributed by atoms with E-state index in [0.717, 1.165) is 61.4 Å². The summed E-state index contributed by atoms with van der Waals surface area (Å²) >= 11 is 0. The lowest BCUT2D eigenvalue weighted by atomic mass is 10.1. The number of hydrogen-bond donors (Lipinski definition) is 4. The fourth-order valence-corrected chi connectivity index (χ4v) is 5.04. The second-order valence-electron chi connectivity index (χ2n) is 10.3. The van der Waals surface area contributed by atoms with E-state index in [9.17, 15) is 10.0 Å². The Kier molecular flexibility index (Phi) is 9.53. The quantitative estimate of drug-likeness (QED) is 0.0973. The fourth-order valence-electron chi connectivity index (χ4n) is 5.04. The predicted octanol–water partition coefficient (Wildman–Crippen LogP) is 2.79. The molecule has 1 atom stereocenters. The zero-order valence-electron chi connectivity index (χ0n) is 23.4. The molecule has 0 spiro atoms. The molecule has 1 aliphatic heterocycles. The summed E-state index contributed by atoms with van der Waals surface area (Å²) in [7, 11) is 0. The Morgan fingerprint density at radius 2 is 2.12 bits per heavy atom. The largest absolute Gasteiger partial charge is 0.476 e. The Labute approximate surface area is 239 Å². The number of nitrogens with zero attached hydrogens (tertiary/aromatic N) is 6. The maximum absolute atomic E-state index is 12.6. The fraction of sp³-hybridized carbons (Fsp3) is 0.448. The molecule has 4 aromatic heterocycles. The van der Waals surface area contributed by atoms with Gasteiger partial charge in [-0.3, -0.25) is 15.0 Å². The van der Waals surface area contributed by atoms with Gasteiger partial charge in [0.1, 0.15) is 23.9 Å². The molecule has 4 aromatic rings. The van der Waals surface area contributed by atoms with E-state index < -0.39 is 6.04 Å². The average Bonchev–Trinajstić information content (AvgIpc) is 3.47. The number of hydrogen-bond acceptors (Lipinski definition) is 10. The van der Waals surface area contributed by atoms with E-state index >= 15 is 0 Å². The highest BCUT2D eigenvalue weighted by molar-refractivity contribution is 5.88. The van der Waals surface area contributed by atoms with Gasteiger partial charge >= 0.3 is 0 Å². The van der Waals surface area contributed by atoms with Crippen molar-refractivity contribution in [3.8, 4) is 5.88 Å². The van der Waals surface area contributed by atoms with Gasteiger partial charge in [-0.1, -0.05) is 21.8 Å². The van der Waals surface area contributed by atoms with Crippen LogP contribution in [-0.4, -0.2) is 79.9 Å². The van der Waals surface area contributed by atoms with Gasteiger partial charge in [0.05, 0.1) is 6.20 Å².